The van der Waals surface area contributed by atoms with E-state index in [1.165, 1.54) is 0 Å². The lowest BCUT2D eigenvalue weighted by molar-refractivity contribution is 0.102. The molecule has 4 aromatic rings. The van der Waals surface area contributed by atoms with Crippen LogP contribution in [0.15, 0.2) is 72.9 Å². The smallest absolute Gasteiger partial charge is 0.256 e. The molecule has 1 N–H and O–H groups in total. The Kier molecular flexibility index (Phi) is 6.57. The minimum Gasteiger partial charge on any atom is -0.493 e. The first-order valence-electron chi connectivity index (χ1n) is 11.1. The predicted molar refractivity (Wildman–Crippen MR) is 137 cm³/mol. The molecule has 1 amide bonds. The number of ether oxygens (including phenoxy) is 2. The third-order valence-electron chi connectivity index (χ3n) is 5.75. The van der Waals surface area contributed by atoms with E-state index in [2.05, 4.69) is 22.2 Å². The molecule has 176 valence electrons. The molecule has 1 unspecified atom stereocenters. The Balaban J connectivity index is 1.28. The monoisotopic (exact) mass is 505 g/mol. The largest absolute Gasteiger partial charge is 0.493 e. The number of hydrogen-bond acceptors (Lipinski definition) is 5. The number of fused-ring (bicyclic) bond motifs is 1. The zero-order valence-electron chi connectivity index (χ0n) is 18.8. The molecule has 8 heteroatoms. The van der Waals surface area contributed by atoms with Crippen LogP contribution in [0.25, 0.3) is 11.4 Å². The van der Waals surface area contributed by atoms with Gasteiger partial charge in [-0.05, 0) is 78.6 Å². The first-order chi connectivity index (χ1) is 17.0. The van der Waals surface area contributed by atoms with Gasteiger partial charge >= 0.3 is 0 Å². The number of amides is 1. The van der Waals surface area contributed by atoms with Crippen LogP contribution in [0.3, 0.4) is 0 Å². The zero-order valence-corrected chi connectivity index (χ0v) is 20.3. The quantitative estimate of drug-likeness (QED) is 0.306. The molecule has 0 saturated heterocycles. The van der Waals surface area contributed by atoms with Crippen LogP contribution < -0.4 is 14.8 Å². The van der Waals surface area contributed by atoms with Crippen LogP contribution in [0, 0.1) is 0 Å². The van der Waals surface area contributed by atoms with Crippen molar-refractivity contribution in [2.24, 2.45) is 0 Å². The summed E-state index contributed by atoms with van der Waals surface area (Å²) in [6, 6.07) is 19.3. The van der Waals surface area contributed by atoms with Crippen molar-refractivity contribution >= 4 is 34.9 Å². The lowest BCUT2D eigenvalue weighted by Gasteiger charge is -2.24. The molecule has 5 rings (SSSR count). The molecule has 6 nitrogen and oxygen atoms in total. The topological polar surface area (TPSA) is 73.3 Å². The van der Waals surface area contributed by atoms with Crippen molar-refractivity contribution in [1.29, 1.82) is 0 Å². The van der Waals surface area contributed by atoms with Gasteiger partial charge in [0.2, 0.25) is 0 Å². The van der Waals surface area contributed by atoms with Gasteiger partial charge in [0.25, 0.3) is 5.91 Å². The molecule has 0 aliphatic carbocycles. The summed E-state index contributed by atoms with van der Waals surface area (Å²) in [4.78, 5) is 21.4. The van der Waals surface area contributed by atoms with Gasteiger partial charge in [0.05, 0.1) is 11.6 Å². The van der Waals surface area contributed by atoms with Gasteiger partial charge in [0.1, 0.15) is 23.1 Å². The molecule has 1 aromatic heterocycles. The van der Waals surface area contributed by atoms with Crippen LogP contribution in [0.2, 0.25) is 10.0 Å². The molecule has 0 saturated carbocycles. The first-order valence-corrected chi connectivity index (χ1v) is 11.9. The molecule has 0 bridgehead atoms. The van der Waals surface area contributed by atoms with Crippen LogP contribution >= 0.6 is 23.2 Å². The Labute approximate surface area is 212 Å². The molecule has 35 heavy (non-hydrogen) atoms. The summed E-state index contributed by atoms with van der Waals surface area (Å²) in [5.41, 5.74) is 2.34. The van der Waals surface area contributed by atoms with Gasteiger partial charge in [0, 0.05) is 28.4 Å². The van der Waals surface area contributed by atoms with Crippen LogP contribution in [0.5, 0.6) is 17.2 Å². The van der Waals surface area contributed by atoms with Crippen molar-refractivity contribution in [2.45, 2.75) is 19.3 Å². The van der Waals surface area contributed by atoms with Crippen molar-refractivity contribution in [1.82, 2.24) is 9.97 Å². The molecule has 3 aromatic carbocycles. The third-order valence-corrected chi connectivity index (χ3v) is 6.29. The first kappa shape index (κ1) is 23.1. The normalized spacial score (nSPS) is 14.5. The number of carbonyl (C=O) groups is 1. The molecule has 0 fully saturated rings. The lowest BCUT2D eigenvalue weighted by atomic mass is 9.95. The number of rotatable bonds is 5. The van der Waals surface area contributed by atoms with Crippen molar-refractivity contribution in [3.63, 3.8) is 0 Å². The van der Waals surface area contributed by atoms with Crippen LogP contribution in [0.4, 0.5) is 5.82 Å². The fraction of sp³-hybridized carbons (Fsp3) is 0.148. The van der Waals surface area contributed by atoms with Gasteiger partial charge < -0.3 is 14.8 Å². The van der Waals surface area contributed by atoms with Crippen LogP contribution in [-0.2, 0) is 0 Å². The minimum absolute atomic E-state index is 0.300. The fourth-order valence-electron chi connectivity index (χ4n) is 3.80. The number of carbonyl (C=O) groups excluding carboxylic acids is 1. The summed E-state index contributed by atoms with van der Waals surface area (Å²) in [5, 5.41) is 3.95. The second kappa shape index (κ2) is 9.94. The van der Waals surface area contributed by atoms with Gasteiger partial charge in [-0.3, -0.25) is 4.79 Å². The molecular weight excluding hydrogens is 485 g/mol. The molecule has 1 aliphatic rings. The van der Waals surface area contributed by atoms with E-state index in [0.717, 1.165) is 23.3 Å². The highest BCUT2D eigenvalue weighted by molar-refractivity contribution is 6.32. The number of nitrogens with zero attached hydrogens (tertiary/aromatic N) is 2. The fourth-order valence-corrected chi connectivity index (χ4v) is 4.13. The maximum absolute atomic E-state index is 12.8. The highest BCUT2D eigenvalue weighted by Gasteiger charge is 2.20. The van der Waals surface area contributed by atoms with Crippen LogP contribution in [0.1, 0.15) is 35.2 Å². The van der Waals surface area contributed by atoms with E-state index >= 15 is 0 Å². The second-order valence-corrected chi connectivity index (χ2v) is 9.06. The molecule has 1 aliphatic heterocycles. The number of benzene rings is 3. The van der Waals surface area contributed by atoms with E-state index in [1.807, 2.05) is 24.3 Å². The van der Waals surface area contributed by atoms with E-state index in [9.17, 15) is 4.79 Å². The van der Waals surface area contributed by atoms with Crippen molar-refractivity contribution < 1.29 is 14.3 Å². The summed E-state index contributed by atoms with van der Waals surface area (Å²) in [6.07, 6.45) is 2.56. The Hall–Kier alpha value is -3.61. The SMILES string of the molecule is CC1CCOc2cc(Oc3ccc(C(=O)Nc4ccnc(-c5ccc(Cl)cc5)n4)cc3)c(Cl)cc21. The average Bonchev–Trinajstić information content (AvgIpc) is 2.86. The number of halogens is 2. The third kappa shape index (κ3) is 5.24. The molecular formula is C27H21Cl2N3O3. The van der Waals surface area contributed by atoms with Crippen molar-refractivity contribution in [3.8, 4) is 28.6 Å². The zero-order chi connectivity index (χ0) is 24.4. The Morgan fingerprint density at radius 3 is 2.60 bits per heavy atom. The standard InChI is InChI=1S/C27H21Cl2N3O3/c1-16-11-13-34-23-15-24(22(29)14-21(16)23)35-20-8-4-18(5-9-20)27(33)32-25-10-12-30-26(31-25)17-2-6-19(28)7-3-17/h2-10,12,14-16H,11,13H2,1H3,(H,30,31,32,33). The van der Waals surface area contributed by atoms with E-state index < -0.39 is 0 Å². The van der Waals surface area contributed by atoms with Crippen molar-refractivity contribution in [2.75, 3.05) is 11.9 Å². The van der Waals surface area contributed by atoms with Crippen LogP contribution in [-0.4, -0.2) is 22.5 Å². The van der Waals surface area contributed by atoms with Gasteiger partial charge in [0.15, 0.2) is 5.82 Å². The second-order valence-electron chi connectivity index (χ2n) is 8.21. The number of hydrogen-bond donors (Lipinski definition) is 1. The molecule has 2 heterocycles. The number of anilines is 1. The average molecular weight is 506 g/mol. The number of aromatic nitrogens is 2. The van der Waals surface area contributed by atoms with Gasteiger partial charge in [-0.1, -0.05) is 30.1 Å². The van der Waals surface area contributed by atoms with E-state index in [4.69, 9.17) is 32.7 Å². The summed E-state index contributed by atoms with van der Waals surface area (Å²) in [6.45, 7) is 2.83. The highest BCUT2D eigenvalue weighted by atomic mass is 35.5. The summed E-state index contributed by atoms with van der Waals surface area (Å²) in [7, 11) is 0. The summed E-state index contributed by atoms with van der Waals surface area (Å²) < 4.78 is 11.7. The Morgan fingerprint density at radius 1 is 1.06 bits per heavy atom. The summed E-state index contributed by atoms with van der Waals surface area (Å²) >= 11 is 12.4. The Morgan fingerprint density at radius 2 is 1.83 bits per heavy atom. The lowest BCUT2D eigenvalue weighted by Crippen LogP contribution is -2.13. The van der Waals surface area contributed by atoms with Crippen molar-refractivity contribution in [3.05, 3.63) is 94.1 Å². The minimum atomic E-state index is -0.300. The maximum atomic E-state index is 12.8. The molecule has 1 atom stereocenters. The molecule has 0 radical (unpaired) electrons. The highest BCUT2D eigenvalue weighted by Crippen LogP contribution is 2.41. The predicted octanol–water partition coefficient (Wildman–Crippen LogP) is 7.38. The van der Waals surface area contributed by atoms with Gasteiger partial charge in [-0.2, -0.15) is 0 Å². The number of nitrogens with one attached hydrogen (secondary N) is 1. The maximum Gasteiger partial charge on any atom is 0.256 e. The molecule has 0 spiro atoms. The van der Waals surface area contributed by atoms with E-state index in [-0.39, 0.29) is 5.91 Å². The van der Waals surface area contributed by atoms with E-state index in [1.54, 1.807) is 48.7 Å². The summed E-state index contributed by atoms with van der Waals surface area (Å²) in [5.74, 6) is 2.83. The Bertz CT molecular complexity index is 1380. The van der Waals surface area contributed by atoms with Gasteiger partial charge in [-0.25, -0.2) is 9.97 Å². The van der Waals surface area contributed by atoms with Gasteiger partial charge in [-0.15, -0.1) is 0 Å². The van der Waals surface area contributed by atoms with E-state index in [0.29, 0.717) is 51.3 Å².